The Kier molecular flexibility index (Phi) is 4.12. The lowest BCUT2D eigenvalue weighted by Crippen LogP contribution is -2.44. The number of carbonyl (C=O) groups is 1. The molecule has 19 heavy (non-hydrogen) atoms. The summed E-state index contributed by atoms with van der Waals surface area (Å²) in [5.41, 5.74) is -0.190. The first-order valence-electron chi connectivity index (χ1n) is 5.67. The first kappa shape index (κ1) is 15.3. The highest BCUT2D eigenvalue weighted by Crippen LogP contribution is 2.33. The fourth-order valence-corrected chi connectivity index (χ4v) is 1.25. The van der Waals surface area contributed by atoms with Crippen LogP contribution in [0, 0.1) is 13.8 Å². The number of hydrogen-bond donors (Lipinski definition) is 1. The second kappa shape index (κ2) is 5.11. The van der Waals surface area contributed by atoms with Crippen molar-refractivity contribution >= 4 is 11.8 Å². The molecule has 0 bridgehead atoms. The van der Waals surface area contributed by atoms with Crippen LogP contribution in [0.25, 0.3) is 0 Å². The molecular formula is C13H16F3NO2. The number of hydrogen-bond acceptors (Lipinski definition) is 2. The largest absolute Gasteiger partial charge is 0.434 e. The molecule has 0 aliphatic heterocycles. The number of alkyl halides is 3. The predicted octanol–water partition coefficient (Wildman–Crippen LogP) is 4.19. The maximum absolute atomic E-state index is 12.5. The van der Waals surface area contributed by atoms with E-state index in [1.807, 2.05) is 13.8 Å². The van der Waals surface area contributed by atoms with E-state index in [-0.39, 0.29) is 0 Å². The summed E-state index contributed by atoms with van der Waals surface area (Å²) in [5, 5.41) is 2.28. The second-order valence-corrected chi connectivity index (χ2v) is 4.82. The number of amides is 1. The van der Waals surface area contributed by atoms with Crippen LogP contribution in [0.3, 0.4) is 0 Å². The quantitative estimate of drug-likeness (QED) is 0.878. The van der Waals surface area contributed by atoms with Gasteiger partial charge in [-0.25, -0.2) is 4.79 Å². The van der Waals surface area contributed by atoms with Crippen LogP contribution in [-0.2, 0) is 4.74 Å². The number of benzene rings is 1. The van der Waals surface area contributed by atoms with Gasteiger partial charge in [0.25, 0.3) is 0 Å². The molecule has 3 nitrogen and oxygen atoms in total. The van der Waals surface area contributed by atoms with Crippen LogP contribution in [-0.4, -0.2) is 17.9 Å². The Morgan fingerprint density at radius 1 is 1.16 bits per heavy atom. The third kappa shape index (κ3) is 3.87. The van der Waals surface area contributed by atoms with E-state index < -0.39 is 17.9 Å². The third-order valence-electron chi connectivity index (χ3n) is 2.78. The van der Waals surface area contributed by atoms with E-state index in [4.69, 9.17) is 0 Å². The zero-order chi connectivity index (χ0) is 14.8. The predicted molar refractivity (Wildman–Crippen MR) is 66.2 cm³/mol. The van der Waals surface area contributed by atoms with Gasteiger partial charge < -0.3 is 4.74 Å². The van der Waals surface area contributed by atoms with Crippen LogP contribution in [0.1, 0.15) is 25.0 Å². The summed E-state index contributed by atoms with van der Waals surface area (Å²) in [6.07, 6.45) is -5.75. The molecule has 0 heterocycles. The van der Waals surface area contributed by atoms with Gasteiger partial charge in [0.15, 0.2) is 0 Å². The molecule has 1 aromatic carbocycles. The Bertz CT molecular complexity index is 481. The maximum Gasteiger partial charge on any atom is 0.427 e. The Labute approximate surface area is 109 Å². The highest BCUT2D eigenvalue weighted by Gasteiger charge is 2.50. The van der Waals surface area contributed by atoms with Crippen LogP contribution in [0.2, 0.25) is 0 Å². The van der Waals surface area contributed by atoms with Crippen molar-refractivity contribution in [3.05, 3.63) is 29.3 Å². The number of aryl methyl sites for hydroxylation is 2. The molecule has 0 fully saturated rings. The van der Waals surface area contributed by atoms with Gasteiger partial charge in [0.1, 0.15) is 0 Å². The molecule has 1 amide bonds. The number of anilines is 1. The molecule has 0 spiro atoms. The zero-order valence-electron chi connectivity index (χ0n) is 11.2. The minimum absolute atomic E-state index is 0.395. The molecule has 106 valence electrons. The Hall–Kier alpha value is -1.72. The average molecular weight is 275 g/mol. The van der Waals surface area contributed by atoms with Gasteiger partial charge in [0.2, 0.25) is 5.60 Å². The summed E-state index contributed by atoms with van der Waals surface area (Å²) >= 11 is 0. The van der Waals surface area contributed by atoms with Crippen molar-refractivity contribution in [1.82, 2.24) is 0 Å². The van der Waals surface area contributed by atoms with Gasteiger partial charge in [-0.2, -0.15) is 13.2 Å². The summed E-state index contributed by atoms with van der Waals surface area (Å²) in [6, 6.07) is 5.03. The van der Waals surface area contributed by atoms with E-state index in [2.05, 4.69) is 10.1 Å². The molecule has 0 unspecified atom stereocenters. The normalized spacial score (nSPS) is 12.2. The molecule has 0 aliphatic rings. The van der Waals surface area contributed by atoms with Gasteiger partial charge in [-0.15, -0.1) is 0 Å². The van der Waals surface area contributed by atoms with Crippen molar-refractivity contribution in [3.63, 3.8) is 0 Å². The molecular weight excluding hydrogens is 259 g/mol. The molecule has 6 heteroatoms. The van der Waals surface area contributed by atoms with Crippen molar-refractivity contribution in [1.29, 1.82) is 0 Å². The van der Waals surface area contributed by atoms with Gasteiger partial charge in [0.05, 0.1) is 0 Å². The number of nitrogens with one attached hydrogen (secondary N) is 1. The highest BCUT2D eigenvalue weighted by atomic mass is 19.4. The fourth-order valence-electron chi connectivity index (χ4n) is 1.25. The second-order valence-electron chi connectivity index (χ2n) is 4.82. The molecule has 0 saturated carbocycles. The van der Waals surface area contributed by atoms with Crippen molar-refractivity contribution in [2.75, 3.05) is 5.32 Å². The van der Waals surface area contributed by atoms with Gasteiger partial charge in [-0.05, 0) is 51.0 Å². The van der Waals surface area contributed by atoms with E-state index in [1.54, 1.807) is 18.2 Å². The van der Waals surface area contributed by atoms with E-state index in [0.29, 0.717) is 5.69 Å². The molecule has 0 atom stereocenters. The monoisotopic (exact) mass is 275 g/mol. The lowest BCUT2D eigenvalue weighted by atomic mass is 10.1. The summed E-state index contributed by atoms with van der Waals surface area (Å²) in [7, 11) is 0. The topological polar surface area (TPSA) is 38.3 Å². The maximum atomic E-state index is 12.5. The zero-order valence-corrected chi connectivity index (χ0v) is 11.2. The summed E-state index contributed by atoms with van der Waals surface area (Å²) in [4.78, 5) is 11.4. The van der Waals surface area contributed by atoms with E-state index >= 15 is 0 Å². The van der Waals surface area contributed by atoms with E-state index in [9.17, 15) is 18.0 Å². The Balaban J connectivity index is 2.73. The van der Waals surface area contributed by atoms with Gasteiger partial charge in [-0.1, -0.05) is 6.07 Å². The third-order valence-corrected chi connectivity index (χ3v) is 2.78. The van der Waals surface area contributed by atoms with Gasteiger partial charge >= 0.3 is 12.3 Å². The standard InChI is InChI=1S/C13H16F3NO2/c1-8-5-6-10(7-9(8)2)17-11(18)19-12(3,4)13(14,15)16/h5-7H,1-4H3,(H,17,18). The Morgan fingerprint density at radius 3 is 2.21 bits per heavy atom. The van der Waals surface area contributed by atoms with Crippen LogP contribution in [0.4, 0.5) is 23.7 Å². The average Bonchev–Trinajstić information content (AvgIpc) is 2.21. The van der Waals surface area contributed by atoms with Crippen LogP contribution < -0.4 is 5.32 Å². The molecule has 0 saturated heterocycles. The van der Waals surface area contributed by atoms with E-state index in [1.165, 1.54) is 0 Å². The van der Waals surface area contributed by atoms with Crippen molar-refractivity contribution in [2.45, 2.75) is 39.5 Å². The van der Waals surface area contributed by atoms with Crippen molar-refractivity contribution < 1.29 is 22.7 Å². The number of ether oxygens (including phenoxy) is 1. The molecule has 0 radical (unpaired) electrons. The highest BCUT2D eigenvalue weighted by molar-refractivity contribution is 5.85. The Morgan fingerprint density at radius 2 is 1.74 bits per heavy atom. The molecule has 0 aromatic heterocycles. The van der Waals surface area contributed by atoms with E-state index in [0.717, 1.165) is 25.0 Å². The van der Waals surface area contributed by atoms with Crippen LogP contribution >= 0.6 is 0 Å². The first-order chi connectivity index (χ1) is 8.53. The van der Waals surface area contributed by atoms with Crippen molar-refractivity contribution in [3.8, 4) is 0 Å². The molecule has 0 aliphatic carbocycles. The lowest BCUT2D eigenvalue weighted by molar-refractivity contribution is -0.242. The number of halogens is 3. The van der Waals surface area contributed by atoms with Gasteiger partial charge in [-0.3, -0.25) is 5.32 Å². The smallest absolute Gasteiger partial charge is 0.427 e. The van der Waals surface area contributed by atoms with Gasteiger partial charge in [0, 0.05) is 5.69 Å². The molecule has 1 rings (SSSR count). The summed E-state index contributed by atoms with van der Waals surface area (Å²) in [6.45, 7) is 5.33. The first-order valence-corrected chi connectivity index (χ1v) is 5.67. The minimum atomic E-state index is -4.62. The minimum Gasteiger partial charge on any atom is -0.434 e. The van der Waals surface area contributed by atoms with Crippen LogP contribution in [0.5, 0.6) is 0 Å². The summed E-state index contributed by atoms with van der Waals surface area (Å²) in [5.74, 6) is 0. The van der Waals surface area contributed by atoms with Crippen LogP contribution in [0.15, 0.2) is 18.2 Å². The van der Waals surface area contributed by atoms with Crippen molar-refractivity contribution in [2.24, 2.45) is 0 Å². The lowest BCUT2D eigenvalue weighted by Gasteiger charge is -2.27. The number of carbonyl (C=O) groups excluding carboxylic acids is 1. The fraction of sp³-hybridized carbons (Fsp3) is 0.462. The SMILES string of the molecule is Cc1ccc(NC(=O)OC(C)(C)C(F)(F)F)cc1C. The number of rotatable bonds is 2. The molecule has 1 N–H and O–H groups in total. The summed E-state index contributed by atoms with van der Waals surface area (Å²) < 4.78 is 42.0. The molecule has 1 aromatic rings.